The molecule has 0 bridgehead atoms. The van der Waals surface area contributed by atoms with Crippen molar-refractivity contribution in [3.05, 3.63) is 35.4 Å². The van der Waals surface area contributed by atoms with Crippen molar-refractivity contribution in [2.45, 2.75) is 0 Å². The fraction of sp³-hybridized carbons (Fsp3) is 0.182. The number of hydrogen-bond acceptors (Lipinski definition) is 2. The first kappa shape index (κ1) is 11.8. The summed E-state index contributed by atoms with van der Waals surface area (Å²) < 4.78 is 5.02. The number of carbonyl (C=O) groups excluding carboxylic acids is 1. The van der Waals surface area contributed by atoms with Crippen LogP contribution in [0.5, 0.6) is 5.75 Å². The lowest BCUT2D eigenvalue weighted by atomic mass is 10.1. The van der Waals surface area contributed by atoms with Crippen molar-refractivity contribution in [1.82, 2.24) is 0 Å². The molecule has 4 heteroatoms. The maximum Gasteiger partial charge on any atom is 0.249 e. The molecule has 0 saturated heterocycles. The van der Waals surface area contributed by atoms with Gasteiger partial charge in [-0.15, -0.1) is 0 Å². The Morgan fingerprint density at radius 3 is 2.87 bits per heavy atom. The van der Waals surface area contributed by atoms with E-state index in [4.69, 9.17) is 10.5 Å². The van der Waals surface area contributed by atoms with Crippen molar-refractivity contribution in [2.24, 2.45) is 5.73 Å². The zero-order valence-electron chi connectivity index (χ0n) is 8.37. The summed E-state index contributed by atoms with van der Waals surface area (Å²) in [5, 5.41) is 0.733. The van der Waals surface area contributed by atoms with Crippen molar-refractivity contribution < 1.29 is 9.53 Å². The monoisotopic (exact) mass is 269 g/mol. The maximum atomic E-state index is 11.2. The predicted molar refractivity (Wildman–Crippen MR) is 64.3 cm³/mol. The summed E-state index contributed by atoms with van der Waals surface area (Å²) in [6.07, 6.45) is 3.74. The van der Waals surface area contributed by atoms with E-state index in [2.05, 4.69) is 15.9 Å². The van der Waals surface area contributed by atoms with Gasteiger partial charge in [-0.1, -0.05) is 34.1 Å². The first-order chi connectivity index (χ1) is 7.19. The Kier molecular flexibility index (Phi) is 4.37. The number of alkyl halides is 1. The fourth-order valence-electron chi connectivity index (χ4n) is 1.19. The van der Waals surface area contributed by atoms with E-state index in [1.807, 2.05) is 12.2 Å². The van der Waals surface area contributed by atoms with Crippen LogP contribution < -0.4 is 10.5 Å². The zero-order valence-corrected chi connectivity index (χ0v) is 9.95. The van der Waals surface area contributed by atoms with Gasteiger partial charge in [0.15, 0.2) is 0 Å². The lowest BCUT2D eigenvalue weighted by Gasteiger charge is -2.05. The molecule has 15 heavy (non-hydrogen) atoms. The van der Waals surface area contributed by atoms with Crippen molar-refractivity contribution >= 4 is 27.9 Å². The quantitative estimate of drug-likeness (QED) is 0.853. The highest BCUT2D eigenvalue weighted by atomic mass is 79.9. The minimum Gasteiger partial charge on any atom is -0.497 e. The van der Waals surface area contributed by atoms with Gasteiger partial charge in [-0.25, -0.2) is 0 Å². The number of nitrogens with two attached hydrogens (primary N) is 1. The first-order valence-corrected chi connectivity index (χ1v) is 5.51. The van der Waals surface area contributed by atoms with E-state index in [0.717, 1.165) is 10.9 Å². The van der Waals surface area contributed by atoms with E-state index in [0.29, 0.717) is 11.3 Å². The van der Waals surface area contributed by atoms with E-state index in [-0.39, 0.29) is 0 Å². The molecule has 0 saturated carbocycles. The molecule has 0 spiro atoms. The van der Waals surface area contributed by atoms with E-state index in [9.17, 15) is 4.79 Å². The Hall–Kier alpha value is -1.29. The average molecular weight is 270 g/mol. The van der Waals surface area contributed by atoms with Crippen LogP contribution in [-0.2, 0) is 0 Å². The SMILES string of the molecule is COc1ccc(C=CCBr)c(C(N)=O)c1. The summed E-state index contributed by atoms with van der Waals surface area (Å²) in [6, 6.07) is 5.23. The van der Waals surface area contributed by atoms with Crippen LogP contribution in [0, 0.1) is 0 Å². The molecule has 0 aromatic heterocycles. The second kappa shape index (κ2) is 5.56. The maximum absolute atomic E-state index is 11.2. The highest BCUT2D eigenvalue weighted by Gasteiger charge is 2.07. The molecule has 1 amide bonds. The topological polar surface area (TPSA) is 52.3 Å². The van der Waals surface area contributed by atoms with Gasteiger partial charge >= 0.3 is 0 Å². The number of allylic oxidation sites excluding steroid dienone is 1. The van der Waals surface area contributed by atoms with Crippen LogP contribution >= 0.6 is 15.9 Å². The summed E-state index contributed by atoms with van der Waals surface area (Å²) in [7, 11) is 1.55. The van der Waals surface area contributed by atoms with Crippen LogP contribution in [-0.4, -0.2) is 18.3 Å². The van der Waals surface area contributed by atoms with Crippen LogP contribution in [0.4, 0.5) is 0 Å². The number of benzene rings is 1. The Morgan fingerprint density at radius 1 is 1.60 bits per heavy atom. The number of hydrogen-bond donors (Lipinski definition) is 1. The van der Waals surface area contributed by atoms with E-state index in [1.165, 1.54) is 0 Å². The van der Waals surface area contributed by atoms with Gasteiger partial charge < -0.3 is 10.5 Å². The van der Waals surface area contributed by atoms with Crippen LogP contribution in [0.15, 0.2) is 24.3 Å². The van der Waals surface area contributed by atoms with Gasteiger partial charge in [-0.05, 0) is 17.7 Å². The highest BCUT2D eigenvalue weighted by Crippen LogP contribution is 2.18. The molecule has 1 rings (SSSR count). The average Bonchev–Trinajstić information content (AvgIpc) is 2.26. The molecule has 0 unspecified atom stereocenters. The molecule has 0 atom stereocenters. The molecule has 0 heterocycles. The third-order valence-corrected chi connectivity index (χ3v) is 2.29. The summed E-state index contributed by atoms with van der Waals surface area (Å²) in [5.74, 6) is 0.169. The normalized spacial score (nSPS) is 10.5. The Bertz CT molecular complexity index is 388. The third-order valence-electron chi connectivity index (χ3n) is 1.91. The second-order valence-corrected chi connectivity index (χ2v) is 3.52. The number of methoxy groups -OCH3 is 1. The van der Waals surface area contributed by atoms with Gasteiger partial charge in [0.05, 0.1) is 7.11 Å². The van der Waals surface area contributed by atoms with Gasteiger partial charge in [0.25, 0.3) is 0 Å². The lowest BCUT2D eigenvalue weighted by Crippen LogP contribution is -2.12. The van der Waals surface area contributed by atoms with Gasteiger partial charge in [0.1, 0.15) is 5.75 Å². The van der Waals surface area contributed by atoms with Crippen molar-refractivity contribution in [1.29, 1.82) is 0 Å². The van der Waals surface area contributed by atoms with Crippen LogP contribution in [0.25, 0.3) is 6.08 Å². The first-order valence-electron chi connectivity index (χ1n) is 4.39. The van der Waals surface area contributed by atoms with Gasteiger partial charge in [0.2, 0.25) is 5.91 Å². The minimum atomic E-state index is -0.455. The summed E-state index contributed by atoms with van der Waals surface area (Å²) in [5.41, 5.74) is 6.53. The van der Waals surface area contributed by atoms with E-state index < -0.39 is 5.91 Å². The van der Waals surface area contributed by atoms with Crippen molar-refractivity contribution in [3.8, 4) is 5.75 Å². The van der Waals surface area contributed by atoms with Gasteiger partial charge in [-0.2, -0.15) is 0 Å². The van der Waals surface area contributed by atoms with Crippen LogP contribution in [0.1, 0.15) is 15.9 Å². The van der Waals surface area contributed by atoms with Crippen LogP contribution in [0.2, 0.25) is 0 Å². The molecule has 1 aromatic rings. The highest BCUT2D eigenvalue weighted by molar-refractivity contribution is 9.09. The summed E-state index contributed by atoms with van der Waals surface area (Å²) >= 11 is 3.27. The van der Waals surface area contributed by atoms with E-state index >= 15 is 0 Å². The summed E-state index contributed by atoms with van der Waals surface area (Å²) in [4.78, 5) is 11.2. The number of halogens is 1. The van der Waals surface area contributed by atoms with Crippen molar-refractivity contribution in [2.75, 3.05) is 12.4 Å². The lowest BCUT2D eigenvalue weighted by molar-refractivity contribution is 0.1000. The molecule has 2 N–H and O–H groups in total. The number of rotatable bonds is 4. The molecule has 0 fully saturated rings. The Morgan fingerprint density at radius 2 is 2.33 bits per heavy atom. The molecule has 0 aliphatic heterocycles. The smallest absolute Gasteiger partial charge is 0.249 e. The van der Waals surface area contributed by atoms with Gasteiger partial charge in [0, 0.05) is 10.9 Å². The standard InChI is InChI=1S/C11H12BrNO2/c1-15-9-5-4-8(3-2-6-12)10(7-9)11(13)14/h2-5,7H,6H2,1H3,(H2,13,14). The molecule has 1 aromatic carbocycles. The minimum absolute atomic E-state index is 0.455. The third kappa shape index (κ3) is 3.09. The molecule has 80 valence electrons. The number of amides is 1. The largest absolute Gasteiger partial charge is 0.497 e. The number of ether oxygens (including phenoxy) is 1. The second-order valence-electron chi connectivity index (χ2n) is 2.87. The fourth-order valence-corrected chi connectivity index (χ4v) is 1.38. The summed E-state index contributed by atoms with van der Waals surface area (Å²) in [6.45, 7) is 0. The molecule has 3 nitrogen and oxygen atoms in total. The molecule has 0 aliphatic carbocycles. The Balaban J connectivity index is 3.15. The predicted octanol–water partition coefficient (Wildman–Crippen LogP) is 2.20. The van der Waals surface area contributed by atoms with Gasteiger partial charge in [-0.3, -0.25) is 4.79 Å². The van der Waals surface area contributed by atoms with E-state index in [1.54, 1.807) is 25.3 Å². The molecule has 0 aliphatic rings. The molecular formula is C11H12BrNO2. The zero-order chi connectivity index (χ0) is 11.3. The molecular weight excluding hydrogens is 258 g/mol. The molecule has 0 radical (unpaired) electrons. The number of carbonyl (C=O) groups is 1. The van der Waals surface area contributed by atoms with Crippen LogP contribution in [0.3, 0.4) is 0 Å². The number of primary amides is 1. The van der Waals surface area contributed by atoms with Crippen molar-refractivity contribution in [3.63, 3.8) is 0 Å². The Labute approximate surface area is 97.0 Å².